The van der Waals surface area contributed by atoms with Crippen LogP contribution in [0.25, 0.3) is 0 Å². The van der Waals surface area contributed by atoms with Gasteiger partial charge in [0.2, 0.25) is 0 Å². The fourth-order valence-corrected chi connectivity index (χ4v) is 3.74. The molecule has 1 aromatic heterocycles. The van der Waals surface area contributed by atoms with Crippen LogP contribution in [0.15, 0.2) is 83.5 Å². The number of ether oxygens (including phenoxy) is 2. The van der Waals surface area contributed by atoms with Crippen LogP contribution in [0.1, 0.15) is 27.0 Å². The zero-order chi connectivity index (χ0) is 23.2. The highest BCUT2D eigenvalue weighted by molar-refractivity contribution is 9.10. The number of anilines is 1. The maximum atomic E-state index is 12.9. The minimum absolute atomic E-state index is 0.240. The number of amides is 1. The molecule has 1 amide bonds. The van der Waals surface area contributed by atoms with E-state index >= 15 is 0 Å². The van der Waals surface area contributed by atoms with Crippen molar-refractivity contribution in [1.82, 2.24) is 9.78 Å². The SMILES string of the molecule is COc1ccccc1OCc1cccc(C(=O)Nc2nn(Cc3ccc(C)cc3)cc2Br)c1. The molecule has 0 radical (unpaired) electrons. The maximum Gasteiger partial charge on any atom is 0.256 e. The second-order valence-electron chi connectivity index (χ2n) is 7.60. The third-order valence-electron chi connectivity index (χ3n) is 5.07. The van der Waals surface area contributed by atoms with Gasteiger partial charge in [0.1, 0.15) is 6.61 Å². The van der Waals surface area contributed by atoms with Gasteiger partial charge >= 0.3 is 0 Å². The van der Waals surface area contributed by atoms with Crippen LogP contribution in [0.2, 0.25) is 0 Å². The summed E-state index contributed by atoms with van der Waals surface area (Å²) in [7, 11) is 1.60. The number of nitrogens with zero attached hydrogens (tertiary/aromatic N) is 2. The van der Waals surface area contributed by atoms with E-state index in [0.29, 0.717) is 36.0 Å². The molecule has 0 fully saturated rings. The third-order valence-corrected chi connectivity index (χ3v) is 5.65. The highest BCUT2D eigenvalue weighted by atomic mass is 79.9. The number of benzene rings is 3. The lowest BCUT2D eigenvalue weighted by Gasteiger charge is -2.11. The molecule has 168 valence electrons. The summed E-state index contributed by atoms with van der Waals surface area (Å²) in [6.45, 7) is 2.99. The van der Waals surface area contributed by atoms with Crippen LogP contribution >= 0.6 is 15.9 Å². The molecule has 4 rings (SSSR count). The Labute approximate surface area is 201 Å². The molecule has 0 saturated heterocycles. The van der Waals surface area contributed by atoms with E-state index in [-0.39, 0.29) is 5.91 Å². The Morgan fingerprint density at radius 1 is 1.00 bits per heavy atom. The third kappa shape index (κ3) is 5.81. The molecule has 1 N–H and O–H groups in total. The van der Waals surface area contributed by atoms with E-state index in [1.165, 1.54) is 5.56 Å². The molecule has 0 aliphatic carbocycles. The molecule has 4 aromatic rings. The molecule has 33 heavy (non-hydrogen) atoms. The molecule has 0 saturated carbocycles. The largest absolute Gasteiger partial charge is 0.493 e. The molecule has 0 aliphatic rings. The van der Waals surface area contributed by atoms with Gasteiger partial charge in [-0.15, -0.1) is 0 Å². The van der Waals surface area contributed by atoms with Gasteiger partial charge in [-0.25, -0.2) is 0 Å². The number of aromatic nitrogens is 2. The van der Waals surface area contributed by atoms with Crippen LogP contribution in [0.4, 0.5) is 5.82 Å². The summed E-state index contributed by atoms with van der Waals surface area (Å²) >= 11 is 3.49. The van der Waals surface area contributed by atoms with Gasteiger partial charge in [0.15, 0.2) is 17.3 Å². The van der Waals surface area contributed by atoms with Gasteiger partial charge in [0.05, 0.1) is 18.1 Å². The fraction of sp³-hybridized carbons (Fsp3) is 0.154. The average molecular weight is 506 g/mol. The quantitative estimate of drug-likeness (QED) is 0.326. The van der Waals surface area contributed by atoms with Crippen molar-refractivity contribution >= 4 is 27.7 Å². The first-order valence-electron chi connectivity index (χ1n) is 10.5. The number of carbonyl (C=O) groups is 1. The Kier molecular flexibility index (Phi) is 7.10. The molecular weight excluding hydrogens is 482 g/mol. The summed E-state index contributed by atoms with van der Waals surface area (Å²) in [5.41, 5.74) is 3.74. The first-order valence-corrected chi connectivity index (χ1v) is 11.3. The standard InChI is InChI=1S/C26H24BrN3O3/c1-18-10-12-19(13-11-18)15-30-16-22(27)25(29-30)28-26(31)21-7-5-6-20(14-21)17-33-24-9-4-3-8-23(24)32-2/h3-14,16H,15,17H2,1-2H3,(H,28,29,31). The predicted octanol–water partition coefficient (Wildman–Crippen LogP) is 5.84. The van der Waals surface area contributed by atoms with Crippen LogP contribution in [-0.2, 0) is 13.2 Å². The Morgan fingerprint density at radius 3 is 2.52 bits per heavy atom. The monoisotopic (exact) mass is 505 g/mol. The molecule has 1 heterocycles. The molecule has 0 unspecified atom stereocenters. The smallest absolute Gasteiger partial charge is 0.256 e. The van der Waals surface area contributed by atoms with Gasteiger partial charge in [-0.1, -0.05) is 54.1 Å². The summed E-state index contributed by atoms with van der Waals surface area (Å²) in [4.78, 5) is 12.9. The number of hydrogen-bond donors (Lipinski definition) is 1. The number of hydrogen-bond acceptors (Lipinski definition) is 4. The van der Waals surface area contributed by atoms with E-state index < -0.39 is 0 Å². The van der Waals surface area contributed by atoms with Gasteiger partial charge in [-0.05, 0) is 58.2 Å². The zero-order valence-electron chi connectivity index (χ0n) is 18.4. The first-order chi connectivity index (χ1) is 16.0. The highest BCUT2D eigenvalue weighted by Gasteiger charge is 2.13. The van der Waals surface area contributed by atoms with Crippen molar-refractivity contribution in [3.05, 3.63) is 106 Å². The molecule has 7 heteroatoms. The lowest BCUT2D eigenvalue weighted by atomic mass is 10.1. The number of rotatable bonds is 8. The van der Waals surface area contributed by atoms with E-state index in [2.05, 4.69) is 57.5 Å². The van der Waals surface area contributed by atoms with E-state index in [1.807, 2.05) is 48.7 Å². The molecule has 0 spiro atoms. The van der Waals surface area contributed by atoms with Crippen LogP contribution < -0.4 is 14.8 Å². The van der Waals surface area contributed by atoms with Crippen molar-refractivity contribution in [2.24, 2.45) is 0 Å². The zero-order valence-corrected chi connectivity index (χ0v) is 20.0. The van der Waals surface area contributed by atoms with E-state index in [9.17, 15) is 4.79 Å². The highest BCUT2D eigenvalue weighted by Crippen LogP contribution is 2.27. The van der Waals surface area contributed by atoms with Gasteiger partial charge in [0, 0.05) is 11.8 Å². The maximum absolute atomic E-state index is 12.9. The van der Waals surface area contributed by atoms with E-state index in [1.54, 1.807) is 17.9 Å². The average Bonchev–Trinajstić information content (AvgIpc) is 3.17. The number of methoxy groups -OCH3 is 1. The predicted molar refractivity (Wildman–Crippen MR) is 132 cm³/mol. The van der Waals surface area contributed by atoms with Crippen LogP contribution in [0.5, 0.6) is 11.5 Å². The van der Waals surface area contributed by atoms with Crippen molar-refractivity contribution in [1.29, 1.82) is 0 Å². The Hall–Kier alpha value is -3.58. The molecular formula is C26H24BrN3O3. The number of para-hydroxylation sites is 2. The van der Waals surface area contributed by atoms with Crippen LogP contribution in [0, 0.1) is 6.92 Å². The Bertz CT molecular complexity index is 1250. The molecule has 0 aliphatic heterocycles. The molecule has 0 atom stereocenters. The van der Waals surface area contributed by atoms with Gasteiger partial charge in [-0.3, -0.25) is 9.48 Å². The summed E-state index contributed by atoms with van der Waals surface area (Å²) < 4.78 is 13.7. The second kappa shape index (κ2) is 10.4. The van der Waals surface area contributed by atoms with Crippen molar-refractivity contribution in [3.63, 3.8) is 0 Å². The van der Waals surface area contributed by atoms with Crippen molar-refractivity contribution < 1.29 is 14.3 Å². The second-order valence-corrected chi connectivity index (χ2v) is 8.46. The lowest BCUT2D eigenvalue weighted by molar-refractivity contribution is 0.102. The normalized spacial score (nSPS) is 10.6. The number of nitrogens with one attached hydrogen (secondary N) is 1. The minimum Gasteiger partial charge on any atom is -0.493 e. The van der Waals surface area contributed by atoms with Crippen molar-refractivity contribution in [2.45, 2.75) is 20.1 Å². The van der Waals surface area contributed by atoms with Crippen LogP contribution in [-0.4, -0.2) is 22.8 Å². The van der Waals surface area contributed by atoms with E-state index in [4.69, 9.17) is 9.47 Å². The van der Waals surface area contributed by atoms with Gasteiger partial charge in [-0.2, -0.15) is 5.10 Å². The van der Waals surface area contributed by atoms with E-state index in [0.717, 1.165) is 15.6 Å². The fourth-order valence-electron chi connectivity index (χ4n) is 3.32. The van der Waals surface area contributed by atoms with Gasteiger partial charge < -0.3 is 14.8 Å². The summed E-state index contributed by atoms with van der Waals surface area (Å²) in [6.07, 6.45) is 1.85. The summed E-state index contributed by atoms with van der Waals surface area (Å²) in [6, 6.07) is 23.1. The molecule has 6 nitrogen and oxygen atoms in total. The number of aryl methyl sites for hydroxylation is 1. The van der Waals surface area contributed by atoms with Crippen molar-refractivity contribution in [3.8, 4) is 11.5 Å². The summed E-state index contributed by atoms with van der Waals surface area (Å²) in [5.74, 6) is 1.55. The Balaban J connectivity index is 1.41. The molecule has 3 aromatic carbocycles. The first kappa shape index (κ1) is 22.6. The topological polar surface area (TPSA) is 65.4 Å². The Morgan fingerprint density at radius 2 is 1.76 bits per heavy atom. The molecule has 0 bridgehead atoms. The van der Waals surface area contributed by atoms with Gasteiger partial charge in [0.25, 0.3) is 5.91 Å². The summed E-state index contributed by atoms with van der Waals surface area (Å²) in [5, 5.41) is 7.39. The van der Waals surface area contributed by atoms with Crippen LogP contribution in [0.3, 0.4) is 0 Å². The minimum atomic E-state index is -0.240. The number of halogens is 1. The number of carbonyl (C=O) groups excluding carboxylic acids is 1. The lowest BCUT2D eigenvalue weighted by Crippen LogP contribution is -2.13. The van der Waals surface area contributed by atoms with Crippen molar-refractivity contribution in [2.75, 3.05) is 12.4 Å².